The molecule has 40 heavy (non-hydrogen) atoms. The Morgan fingerprint density at radius 1 is 0.925 bits per heavy atom. The summed E-state index contributed by atoms with van der Waals surface area (Å²) < 4.78 is 6.78. The third-order valence-electron chi connectivity index (χ3n) is 4.07. The summed E-state index contributed by atoms with van der Waals surface area (Å²) >= 11 is 0. The molecule has 0 bridgehead atoms. The van der Waals surface area contributed by atoms with Crippen molar-refractivity contribution in [2.24, 2.45) is 0 Å². The second-order valence-corrected chi connectivity index (χ2v) is 14.7. The summed E-state index contributed by atoms with van der Waals surface area (Å²) in [5.41, 5.74) is 3.02. The van der Waals surface area contributed by atoms with Crippen molar-refractivity contribution in [2.75, 3.05) is 0 Å². The van der Waals surface area contributed by atoms with Crippen molar-refractivity contribution in [3.05, 3.63) is 72.1 Å². The molecule has 220 valence electrons. The Balaban J connectivity index is 0. The fourth-order valence-electron chi connectivity index (χ4n) is 2.60. The standard InChI is InChI=1S/C18H21N6Si.C3H9OSi2.2C2H4O2.Ni/c25-11-5-10-24-15-18(21-22-24)14-23(12-16-6-1-3-8-19-16)13-17-7-2-4-9-20-17;1-6(2,3)4-5;2*1-2(3)4;/h1-4,6-9,15H,5,10-14H2;1-3H3;2*1H3,(H,3,4);. The molecule has 0 saturated carbocycles. The summed E-state index contributed by atoms with van der Waals surface area (Å²) in [5.74, 6) is -1.67. The van der Waals surface area contributed by atoms with E-state index in [1.165, 1.54) is 0 Å². The van der Waals surface area contributed by atoms with E-state index in [2.05, 4.69) is 65.5 Å². The molecular weight excluding hydrogens is 607 g/mol. The van der Waals surface area contributed by atoms with Crippen LogP contribution in [0.15, 0.2) is 55.0 Å². The summed E-state index contributed by atoms with van der Waals surface area (Å²) in [4.78, 5) is 29.2. The number of pyridine rings is 2. The van der Waals surface area contributed by atoms with Crippen molar-refractivity contribution in [3.63, 3.8) is 0 Å². The third kappa shape index (κ3) is 24.5. The number of aromatic nitrogens is 5. The molecule has 6 radical (unpaired) electrons. The minimum absolute atomic E-state index is 0. The van der Waals surface area contributed by atoms with Gasteiger partial charge in [0.1, 0.15) is 0 Å². The topological polar surface area (TPSA) is 144 Å². The van der Waals surface area contributed by atoms with Gasteiger partial charge in [0.15, 0.2) is 8.32 Å². The van der Waals surface area contributed by atoms with Crippen molar-refractivity contribution in [1.29, 1.82) is 0 Å². The van der Waals surface area contributed by atoms with Gasteiger partial charge >= 0.3 is 0 Å². The molecule has 0 unspecified atom stereocenters. The molecule has 0 amide bonds. The first-order chi connectivity index (χ1) is 18.4. The molecule has 0 saturated heterocycles. The van der Waals surface area contributed by atoms with Gasteiger partial charge in [-0.1, -0.05) is 23.4 Å². The van der Waals surface area contributed by atoms with Crippen LogP contribution >= 0.6 is 0 Å². The predicted molar refractivity (Wildman–Crippen MR) is 153 cm³/mol. The quantitative estimate of drug-likeness (QED) is 0.315. The van der Waals surface area contributed by atoms with Gasteiger partial charge in [-0.05, 0) is 50.3 Å². The number of aryl methyl sites for hydroxylation is 1. The Bertz CT molecular complexity index is 998. The number of carbonyl (C=O) groups is 2. The van der Waals surface area contributed by atoms with E-state index in [1.54, 1.807) is 0 Å². The Morgan fingerprint density at radius 2 is 1.35 bits per heavy atom. The average Bonchev–Trinajstić information content (AvgIpc) is 3.30. The molecule has 3 heterocycles. The number of hydrogen-bond acceptors (Lipinski definition) is 8. The van der Waals surface area contributed by atoms with Gasteiger partial charge in [-0.3, -0.25) is 29.1 Å². The molecule has 0 aliphatic heterocycles. The zero-order chi connectivity index (χ0) is 29.7. The Morgan fingerprint density at radius 3 is 1.70 bits per heavy atom. The third-order valence-corrected chi connectivity index (χ3v) is 6.87. The largest absolute Gasteiger partial charge is 0.481 e. The van der Waals surface area contributed by atoms with Gasteiger partial charge in [0.25, 0.3) is 11.9 Å². The summed E-state index contributed by atoms with van der Waals surface area (Å²) in [6.45, 7) is 11.6. The van der Waals surface area contributed by atoms with Crippen LogP contribution in [0.5, 0.6) is 0 Å². The summed E-state index contributed by atoms with van der Waals surface area (Å²) in [6.07, 6.45) is 6.70. The number of aliphatic carboxylic acids is 2. The monoisotopic (exact) mass is 644 g/mol. The molecule has 0 aromatic carbocycles. The number of rotatable bonds is 10. The molecule has 0 fully saturated rings. The first-order valence-corrected chi connectivity index (χ1v) is 16.7. The Kier molecular flexibility index (Phi) is 22.9. The van der Waals surface area contributed by atoms with E-state index in [1.807, 2.05) is 59.7 Å². The summed E-state index contributed by atoms with van der Waals surface area (Å²) in [6, 6.07) is 12.9. The van der Waals surface area contributed by atoms with Gasteiger partial charge in [-0.15, -0.1) is 5.10 Å². The molecule has 3 rings (SSSR count). The zero-order valence-electron chi connectivity index (χ0n) is 23.6. The maximum absolute atomic E-state index is 9.00. The van der Waals surface area contributed by atoms with Crippen LogP contribution in [0.4, 0.5) is 0 Å². The van der Waals surface area contributed by atoms with E-state index in [4.69, 9.17) is 23.9 Å². The SMILES string of the molecule is CC(=O)O.CC(=O)O.C[Si](C)(C)O[Si].[Ni].[Si]CCCn1cc(CN(Cc2ccccn2)Cc2ccccn2)nn1. The maximum atomic E-state index is 9.00. The molecule has 3 aromatic heterocycles. The molecule has 15 heteroatoms. The number of nitrogens with zero attached hydrogens (tertiary/aromatic N) is 6. The van der Waals surface area contributed by atoms with E-state index in [-0.39, 0.29) is 16.5 Å². The van der Waals surface area contributed by atoms with Crippen molar-refractivity contribution in [3.8, 4) is 0 Å². The molecule has 0 aliphatic carbocycles. The van der Waals surface area contributed by atoms with Gasteiger partial charge in [-0.25, -0.2) is 0 Å². The fourth-order valence-corrected chi connectivity index (χ4v) is 2.76. The molecular formula is C25H38N6NiO5Si3. The predicted octanol–water partition coefficient (Wildman–Crippen LogP) is 3.35. The van der Waals surface area contributed by atoms with E-state index in [0.29, 0.717) is 6.54 Å². The van der Waals surface area contributed by atoms with Gasteiger partial charge in [0, 0.05) is 85.4 Å². The molecule has 0 spiro atoms. The van der Waals surface area contributed by atoms with Crippen molar-refractivity contribution >= 4 is 41.0 Å². The average molecular weight is 646 g/mol. The minimum Gasteiger partial charge on any atom is -0.481 e. The van der Waals surface area contributed by atoms with Crippen LogP contribution in [0.3, 0.4) is 0 Å². The Hall–Kier alpha value is -2.56. The van der Waals surface area contributed by atoms with E-state index >= 15 is 0 Å². The number of carboxylic acid groups (broad SMARTS) is 2. The second-order valence-electron chi connectivity index (χ2n) is 9.12. The van der Waals surface area contributed by atoms with E-state index in [0.717, 1.165) is 63.0 Å². The summed E-state index contributed by atoms with van der Waals surface area (Å²) in [7, 11) is 5.25. The summed E-state index contributed by atoms with van der Waals surface area (Å²) in [5, 5.41) is 23.3. The van der Waals surface area contributed by atoms with Crippen molar-refractivity contribution in [2.45, 2.75) is 72.1 Å². The van der Waals surface area contributed by atoms with Crippen LogP contribution in [0, 0.1) is 0 Å². The fraction of sp³-hybridized carbons (Fsp3) is 0.440. The van der Waals surface area contributed by atoms with Crippen LogP contribution in [0.2, 0.25) is 25.7 Å². The van der Waals surface area contributed by atoms with Crippen LogP contribution < -0.4 is 0 Å². The zero-order valence-corrected chi connectivity index (χ0v) is 27.5. The van der Waals surface area contributed by atoms with Crippen molar-refractivity contribution < 1.29 is 40.4 Å². The smallest absolute Gasteiger partial charge is 0.300 e. The van der Waals surface area contributed by atoms with Crippen molar-refractivity contribution in [1.82, 2.24) is 29.9 Å². The van der Waals surface area contributed by atoms with Crippen LogP contribution in [0.25, 0.3) is 0 Å². The molecule has 0 atom stereocenters. The normalized spacial score (nSPS) is 10.0. The van der Waals surface area contributed by atoms with Gasteiger partial charge in [0.05, 0.1) is 17.1 Å². The van der Waals surface area contributed by atoms with E-state index in [9.17, 15) is 0 Å². The van der Waals surface area contributed by atoms with Gasteiger partial charge < -0.3 is 14.3 Å². The van der Waals surface area contributed by atoms with Crippen LogP contribution in [0.1, 0.15) is 37.4 Å². The molecule has 2 N–H and O–H groups in total. The minimum atomic E-state index is -1.22. The first kappa shape index (κ1) is 39.6. The molecule has 3 aromatic rings. The number of carboxylic acids is 2. The van der Waals surface area contributed by atoms with Gasteiger partial charge in [-0.2, -0.15) is 0 Å². The van der Waals surface area contributed by atoms with E-state index < -0.39 is 20.3 Å². The maximum Gasteiger partial charge on any atom is 0.300 e. The Labute approximate surface area is 254 Å². The van der Waals surface area contributed by atoms with Crippen LogP contribution in [-0.2, 0) is 56.4 Å². The molecule has 0 aliphatic rings. The second kappa shape index (κ2) is 23.2. The first-order valence-electron chi connectivity index (χ1n) is 12.2. The molecule has 11 nitrogen and oxygen atoms in total. The number of hydrogen-bond donors (Lipinski definition) is 2. The van der Waals surface area contributed by atoms with Crippen LogP contribution in [-0.4, -0.2) is 81.1 Å². The van der Waals surface area contributed by atoms with Gasteiger partial charge in [0.2, 0.25) is 10.5 Å².